The summed E-state index contributed by atoms with van der Waals surface area (Å²) < 4.78 is 63.3. The molecule has 1 heterocycles. The van der Waals surface area contributed by atoms with Gasteiger partial charge in [0, 0.05) is 47.8 Å². The maximum atomic E-state index is 12.6. The number of halogens is 5. The molecule has 1 amide bonds. The van der Waals surface area contributed by atoms with Gasteiger partial charge in [0.05, 0.1) is 10.0 Å². The molecular weight excluding hydrogens is 564 g/mol. The van der Waals surface area contributed by atoms with Gasteiger partial charge in [-0.1, -0.05) is 41.4 Å². The number of amides is 1. The van der Waals surface area contributed by atoms with Crippen molar-refractivity contribution in [2.75, 3.05) is 24.9 Å². The summed E-state index contributed by atoms with van der Waals surface area (Å²) in [5.41, 5.74) is 0.761. The second-order valence-electron chi connectivity index (χ2n) is 8.59. The predicted octanol–water partition coefficient (Wildman–Crippen LogP) is 5.11. The van der Waals surface area contributed by atoms with Crippen molar-refractivity contribution in [1.82, 2.24) is 15.2 Å². The molecule has 2 atom stereocenters. The summed E-state index contributed by atoms with van der Waals surface area (Å²) in [5, 5.41) is 3.43. The highest BCUT2D eigenvalue weighted by atomic mass is 35.5. The lowest BCUT2D eigenvalue weighted by Gasteiger charge is -2.34. The zero-order valence-electron chi connectivity index (χ0n) is 20.3. The predicted molar refractivity (Wildman–Crippen MR) is 141 cm³/mol. The number of aromatic nitrogens is 1. The molecule has 0 saturated carbocycles. The molecule has 2 unspecified atom stereocenters. The van der Waals surface area contributed by atoms with Crippen molar-refractivity contribution in [3.63, 3.8) is 0 Å². The summed E-state index contributed by atoms with van der Waals surface area (Å²) in [7, 11) is 3.66. The van der Waals surface area contributed by atoms with Crippen LogP contribution in [-0.4, -0.2) is 51.2 Å². The first-order valence-corrected chi connectivity index (χ1v) is 13.0. The Balaban J connectivity index is 1.68. The fraction of sp³-hybridized carbons (Fsp3) is 0.280. The molecule has 0 saturated heterocycles. The summed E-state index contributed by atoms with van der Waals surface area (Å²) in [5.74, 6) is -0.479. The highest BCUT2D eigenvalue weighted by molar-refractivity contribution is 7.80. The average Bonchev–Trinajstić information content (AvgIpc) is 2.87. The molecule has 38 heavy (non-hydrogen) atoms. The normalized spacial score (nSPS) is 13.3. The average molecular weight is 588 g/mol. The third-order valence-corrected chi connectivity index (χ3v) is 7.34. The summed E-state index contributed by atoms with van der Waals surface area (Å²) in [6, 6.07) is 13.1. The SMILES string of the molecule is CN(C)C(Cc1cccc(Cl)c1Cl)CN(c1ccc(C(=O)NCc2ccc(C(F)(F)F)nc2)cc1)S(=O)[O-]. The Hall–Kier alpha value is -2.70. The molecule has 0 aliphatic rings. The number of nitrogens with zero attached hydrogens (tertiary/aromatic N) is 3. The van der Waals surface area contributed by atoms with Crippen LogP contribution in [0.2, 0.25) is 10.0 Å². The molecule has 1 aromatic heterocycles. The topological polar surface area (TPSA) is 88.6 Å². The van der Waals surface area contributed by atoms with Gasteiger partial charge in [0.1, 0.15) is 5.69 Å². The largest absolute Gasteiger partial charge is 0.755 e. The highest BCUT2D eigenvalue weighted by Gasteiger charge is 2.32. The molecular formula is C25H24Cl2F3N4O3S-. The molecule has 204 valence electrons. The number of rotatable bonds is 10. The van der Waals surface area contributed by atoms with Crippen molar-refractivity contribution >= 4 is 46.1 Å². The van der Waals surface area contributed by atoms with Crippen molar-refractivity contribution in [2.45, 2.75) is 25.2 Å². The van der Waals surface area contributed by atoms with E-state index in [0.29, 0.717) is 27.7 Å². The first kappa shape index (κ1) is 29.9. The lowest BCUT2D eigenvalue weighted by atomic mass is 10.0. The summed E-state index contributed by atoms with van der Waals surface area (Å²) >= 11 is 9.84. The summed E-state index contributed by atoms with van der Waals surface area (Å²) in [6.07, 6.45) is -3.05. The van der Waals surface area contributed by atoms with Crippen LogP contribution in [0.15, 0.2) is 60.8 Å². The fourth-order valence-electron chi connectivity index (χ4n) is 3.57. The number of nitrogens with one attached hydrogen (secondary N) is 1. The van der Waals surface area contributed by atoms with E-state index in [1.807, 2.05) is 25.1 Å². The Bertz CT molecular complexity index is 1280. The molecule has 0 aliphatic heterocycles. The number of alkyl halides is 3. The first-order valence-electron chi connectivity index (χ1n) is 11.2. The van der Waals surface area contributed by atoms with Gasteiger partial charge in [0.15, 0.2) is 0 Å². The smallest absolute Gasteiger partial charge is 0.433 e. The molecule has 13 heteroatoms. The van der Waals surface area contributed by atoms with E-state index in [-0.39, 0.29) is 24.7 Å². The van der Waals surface area contributed by atoms with Gasteiger partial charge in [-0.2, -0.15) is 13.2 Å². The van der Waals surface area contributed by atoms with Gasteiger partial charge in [-0.25, -0.2) is 0 Å². The number of carbonyl (C=O) groups is 1. The van der Waals surface area contributed by atoms with Crippen molar-refractivity contribution in [3.05, 3.63) is 93.2 Å². The van der Waals surface area contributed by atoms with E-state index >= 15 is 0 Å². The second kappa shape index (κ2) is 12.9. The molecule has 7 nitrogen and oxygen atoms in total. The Kier molecular flexibility index (Phi) is 10.1. The van der Waals surface area contributed by atoms with Gasteiger partial charge in [-0.05, 0) is 68.0 Å². The molecule has 3 rings (SSSR count). The van der Waals surface area contributed by atoms with E-state index < -0.39 is 29.0 Å². The van der Waals surface area contributed by atoms with Crippen molar-refractivity contribution in [2.24, 2.45) is 0 Å². The number of hydrogen-bond acceptors (Lipinski definition) is 5. The molecule has 0 radical (unpaired) electrons. The second-order valence-corrected chi connectivity index (χ2v) is 10.3. The zero-order valence-corrected chi connectivity index (χ0v) is 22.7. The summed E-state index contributed by atoms with van der Waals surface area (Å²) in [6.45, 7) is 0.0808. The minimum absolute atomic E-state index is 0.0288. The number of pyridine rings is 1. The standard InChI is InChI=1S/C25H25Cl2F3N4O3S/c1-33(2)20(12-18-4-3-5-21(26)23(18)27)15-34(38(36)37)19-9-7-17(8-10-19)24(35)32-14-16-6-11-22(31-13-16)25(28,29)30/h3-11,13,20H,12,14-15H2,1-2H3,(H,32,35)(H,36,37)/p-1. The van der Waals surface area contributed by atoms with Crippen LogP contribution in [-0.2, 0) is 30.4 Å². The monoisotopic (exact) mass is 587 g/mol. The number of anilines is 1. The lowest BCUT2D eigenvalue weighted by Crippen LogP contribution is -2.42. The van der Waals surface area contributed by atoms with E-state index in [0.717, 1.165) is 17.8 Å². The first-order chi connectivity index (χ1) is 17.9. The minimum Gasteiger partial charge on any atom is -0.755 e. The maximum absolute atomic E-state index is 12.6. The molecule has 0 aliphatic carbocycles. The van der Waals surface area contributed by atoms with E-state index in [1.54, 1.807) is 12.1 Å². The summed E-state index contributed by atoms with van der Waals surface area (Å²) in [4.78, 5) is 17.8. The van der Waals surface area contributed by atoms with Crippen LogP contribution >= 0.6 is 23.2 Å². The molecule has 0 spiro atoms. The van der Waals surface area contributed by atoms with E-state index in [1.165, 1.54) is 34.6 Å². The van der Waals surface area contributed by atoms with Crippen LogP contribution in [0.3, 0.4) is 0 Å². The van der Waals surface area contributed by atoms with Crippen molar-refractivity contribution in [1.29, 1.82) is 0 Å². The van der Waals surface area contributed by atoms with Gasteiger partial charge >= 0.3 is 6.18 Å². The third kappa shape index (κ3) is 7.90. The molecule has 1 N–H and O–H groups in total. The Labute approximate surface area is 231 Å². The maximum Gasteiger partial charge on any atom is 0.433 e. The van der Waals surface area contributed by atoms with Crippen molar-refractivity contribution in [3.8, 4) is 0 Å². The van der Waals surface area contributed by atoms with E-state index in [9.17, 15) is 26.7 Å². The van der Waals surface area contributed by atoms with Crippen LogP contribution in [0.25, 0.3) is 0 Å². The number of benzene rings is 2. The fourth-order valence-corrected chi connectivity index (χ4v) is 4.56. The quantitative estimate of drug-likeness (QED) is 0.333. The number of carbonyl (C=O) groups excluding carboxylic acids is 1. The van der Waals surface area contributed by atoms with Gasteiger partial charge in [-0.3, -0.25) is 14.0 Å². The lowest BCUT2D eigenvalue weighted by molar-refractivity contribution is -0.141. The van der Waals surface area contributed by atoms with Gasteiger partial charge < -0.3 is 19.1 Å². The Morgan fingerprint density at radius 2 is 1.79 bits per heavy atom. The van der Waals surface area contributed by atoms with Crippen LogP contribution in [0.5, 0.6) is 0 Å². The van der Waals surface area contributed by atoms with Gasteiger partial charge in [-0.15, -0.1) is 0 Å². The van der Waals surface area contributed by atoms with Crippen LogP contribution in [0.4, 0.5) is 18.9 Å². The third-order valence-electron chi connectivity index (χ3n) is 5.76. The molecule has 2 aromatic carbocycles. The van der Waals surface area contributed by atoms with E-state index in [2.05, 4.69) is 10.3 Å². The van der Waals surface area contributed by atoms with Crippen molar-refractivity contribution < 1.29 is 26.7 Å². The van der Waals surface area contributed by atoms with Crippen LogP contribution in [0.1, 0.15) is 27.2 Å². The highest BCUT2D eigenvalue weighted by Crippen LogP contribution is 2.28. The number of likely N-dealkylation sites (N-methyl/N-ethyl adjacent to an activating group) is 1. The Morgan fingerprint density at radius 3 is 2.34 bits per heavy atom. The van der Waals surface area contributed by atoms with Crippen LogP contribution < -0.4 is 9.62 Å². The van der Waals surface area contributed by atoms with Crippen LogP contribution in [0, 0.1) is 0 Å². The molecule has 3 aromatic rings. The van der Waals surface area contributed by atoms with Gasteiger partial charge in [0.2, 0.25) is 0 Å². The van der Waals surface area contributed by atoms with Gasteiger partial charge in [0.25, 0.3) is 5.91 Å². The molecule has 0 fully saturated rings. The zero-order chi connectivity index (χ0) is 28.0. The molecule has 0 bridgehead atoms. The minimum atomic E-state index is -4.54. The Morgan fingerprint density at radius 1 is 1.11 bits per heavy atom. The number of hydrogen-bond donors (Lipinski definition) is 1. The van der Waals surface area contributed by atoms with E-state index in [4.69, 9.17) is 23.2 Å².